The molecule has 0 aromatic heterocycles. The Morgan fingerprint density at radius 2 is 2.05 bits per heavy atom. The van der Waals surface area contributed by atoms with Crippen LogP contribution in [0.1, 0.15) is 50.6 Å². The standard InChI is InChI=1S/C17H25ClN2/c1-13(16-7-2-3-8-17(16)18)20(15-9-10-15)12-14-6-4-5-11-19-14/h2-3,7-8,13-15,19H,4-6,9-12H2,1H3. The van der Waals surface area contributed by atoms with E-state index in [0.29, 0.717) is 12.1 Å². The highest BCUT2D eigenvalue weighted by Crippen LogP contribution is 2.36. The van der Waals surface area contributed by atoms with Crippen LogP contribution in [0.3, 0.4) is 0 Å². The molecule has 3 rings (SSSR count). The zero-order valence-corrected chi connectivity index (χ0v) is 13.1. The van der Waals surface area contributed by atoms with Crippen LogP contribution >= 0.6 is 11.6 Å². The lowest BCUT2D eigenvalue weighted by Gasteiger charge is -2.35. The van der Waals surface area contributed by atoms with Gasteiger partial charge in [0.1, 0.15) is 0 Å². The molecule has 0 radical (unpaired) electrons. The van der Waals surface area contributed by atoms with E-state index in [1.54, 1.807) is 0 Å². The summed E-state index contributed by atoms with van der Waals surface area (Å²) in [4.78, 5) is 2.67. The number of nitrogens with one attached hydrogen (secondary N) is 1. The van der Waals surface area contributed by atoms with Crippen LogP contribution in [0.4, 0.5) is 0 Å². The first kappa shape index (κ1) is 14.4. The third kappa shape index (κ3) is 3.36. The van der Waals surface area contributed by atoms with Gasteiger partial charge in [-0.15, -0.1) is 0 Å². The van der Waals surface area contributed by atoms with Crippen molar-refractivity contribution in [2.24, 2.45) is 0 Å². The summed E-state index contributed by atoms with van der Waals surface area (Å²) in [5.41, 5.74) is 1.27. The Labute approximate surface area is 127 Å². The largest absolute Gasteiger partial charge is 0.313 e. The molecule has 0 bridgehead atoms. The average Bonchev–Trinajstić information content (AvgIpc) is 3.30. The fraction of sp³-hybridized carbons (Fsp3) is 0.647. The summed E-state index contributed by atoms with van der Waals surface area (Å²) < 4.78 is 0. The molecule has 110 valence electrons. The van der Waals surface area contributed by atoms with Crippen molar-refractivity contribution in [1.82, 2.24) is 10.2 Å². The van der Waals surface area contributed by atoms with E-state index in [0.717, 1.165) is 17.6 Å². The second kappa shape index (κ2) is 6.46. The summed E-state index contributed by atoms with van der Waals surface area (Å²) in [6.07, 6.45) is 6.72. The van der Waals surface area contributed by atoms with Crippen LogP contribution in [0, 0.1) is 0 Å². The highest BCUT2D eigenvalue weighted by atomic mass is 35.5. The minimum Gasteiger partial charge on any atom is -0.313 e. The molecule has 2 aliphatic rings. The van der Waals surface area contributed by atoms with Crippen LogP contribution in [-0.2, 0) is 0 Å². The van der Waals surface area contributed by atoms with E-state index in [9.17, 15) is 0 Å². The third-order valence-corrected chi connectivity index (χ3v) is 5.06. The molecule has 3 heteroatoms. The predicted molar refractivity (Wildman–Crippen MR) is 85.2 cm³/mol. The van der Waals surface area contributed by atoms with Crippen molar-refractivity contribution in [3.05, 3.63) is 34.9 Å². The fourth-order valence-corrected chi connectivity index (χ4v) is 3.65. The van der Waals surface area contributed by atoms with Crippen molar-refractivity contribution < 1.29 is 0 Å². The molecule has 2 nitrogen and oxygen atoms in total. The predicted octanol–water partition coefficient (Wildman–Crippen LogP) is 4.01. The van der Waals surface area contributed by atoms with Crippen molar-refractivity contribution in [3.8, 4) is 0 Å². The minimum atomic E-state index is 0.417. The van der Waals surface area contributed by atoms with Gasteiger partial charge in [0.05, 0.1) is 0 Å². The summed E-state index contributed by atoms with van der Waals surface area (Å²) in [7, 11) is 0. The Balaban J connectivity index is 1.71. The van der Waals surface area contributed by atoms with Crippen molar-refractivity contribution >= 4 is 11.6 Å². The number of hydrogen-bond acceptors (Lipinski definition) is 2. The first-order valence-electron chi connectivity index (χ1n) is 7.99. The zero-order valence-electron chi connectivity index (χ0n) is 12.3. The van der Waals surface area contributed by atoms with Crippen LogP contribution in [-0.4, -0.2) is 30.1 Å². The van der Waals surface area contributed by atoms with E-state index in [1.807, 2.05) is 12.1 Å². The molecule has 0 spiro atoms. The van der Waals surface area contributed by atoms with E-state index in [2.05, 4.69) is 29.3 Å². The lowest BCUT2D eigenvalue weighted by Crippen LogP contribution is -2.45. The molecule has 2 fully saturated rings. The van der Waals surface area contributed by atoms with Gasteiger partial charge < -0.3 is 5.32 Å². The number of benzene rings is 1. The van der Waals surface area contributed by atoms with Crippen molar-refractivity contribution in [2.75, 3.05) is 13.1 Å². The van der Waals surface area contributed by atoms with Gasteiger partial charge in [-0.05, 0) is 50.8 Å². The number of rotatable bonds is 5. The Bertz CT molecular complexity index is 438. The maximum absolute atomic E-state index is 6.39. The third-order valence-electron chi connectivity index (χ3n) is 4.71. The summed E-state index contributed by atoms with van der Waals surface area (Å²) in [6, 6.07) is 10.2. The lowest BCUT2D eigenvalue weighted by molar-refractivity contribution is 0.167. The molecule has 1 saturated carbocycles. The molecule has 0 amide bonds. The SMILES string of the molecule is CC(c1ccccc1Cl)N(CC1CCCCN1)C1CC1. The minimum absolute atomic E-state index is 0.417. The highest BCUT2D eigenvalue weighted by Gasteiger charge is 2.34. The van der Waals surface area contributed by atoms with Gasteiger partial charge in [0.15, 0.2) is 0 Å². The van der Waals surface area contributed by atoms with Gasteiger partial charge in [-0.2, -0.15) is 0 Å². The Morgan fingerprint density at radius 1 is 1.25 bits per heavy atom. The molecular formula is C17H25ClN2. The molecule has 2 unspecified atom stereocenters. The Hall–Kier alpha value is -0.570. The molecule has 2 atom stereocenters. The number of piperidine rings is 1. The number of nitrogens with zero attached hydrogens (tertiary/aromatic N) is 1. The number of halogens is 1. The summed E-state index contributed by atoms with van der Waals surface area (Å²) in [6.45, 7) is 4.66. The fourth-order valence-electron chi connectivity index (χ4n) is 3.36. The maximum atomic E-state index is 6.39. The van der Waals surface area contributed by atoms with Crippen LogP contribution in [0.2, 0.25) is 5.02 Å². The molecule has 1 saturated heterocycles. The second-order valence-electron chi connectivity index (χ2n) is 6.27. The Morgan fingerprint density at radius 3 is 2.70 bits per heavy atom. The lowest BCUT2D eigenvalue weighted by atomic mass is 10.0. The normalized spacial score (nSPS) is 24.9. The second-order valence-corrected chi connectivity index (χ2v) is 6.68. The first-order chi connectivity index (χ1) is 9.75. The van der Waals surface area contributed by atoms with E-state index >= 15 is 0 Å². The first-order valence-corrected chi connectivity index (χ1v) is 8.37. The van der Waals surface area contributed by atoms with Gasteiger partial charge in [-0.25, -0.2) is 0 Å². The van der Waals surface area contributed by atoms with Crippen molar-refractivity contribution in [3.63, 3.8) is 0 Å². The zero-order chi connectivity index (χ0) is 13.9. The molecule has 1 heterocycles. The van der Waals surface area contributed by atoms with E-state index in [4.69, 9.17) is 11.6 Å². The van der Waals surface area contributed by atoms with Gasteiger partial charge in [0, 0.05) is 29.7 Å². The van der Waals surface area contributed by atoms with Gasteiger partial charge in [0.25, 0.3) is 0 Å². The molecule has 20 heavy (non-hydrogen) atoms. The molecule has 1 N–H and O–H groups in total. The number of hydrogen-bond donors (Lipinski definition) is 1. The van der Waals surface area contributed by atoms with Gasteiger partial charge in [-0.3, -0.25) is 4.90 Å². The van der Waals surface area contributed by atoms with Crippen molar-refractivity contribution in [2.45, 2.75) is 57.2 Å². The van der Waals surface area contributed by atoms with E-state index in [-0.39, 0.29) is 0 Å². The molecule has 1 aromatic carbocycles. The monoisotopic (exact) mass is 292 g/mol. The van der Waals surface area contributed by atoms with Gasteiger partial charge in [0.2, 0.25) is 0 Å². The van der Waals surface area contributed by atoms with Crippen LogP contribution < -0.4 is 5.32 Å². The Kier molecular flexibility index (Phi) is 4.65. The summed E-state index contributed by atoms with van der Waals surface area (Å²) in [5, 5.41) is 4.58. The summed E-state index contributed by atoms with van der Waals surface area (Å²) >= 11 is 6.39. The van der Waals surface area contributed by atoms with Gasteiger partial charge >= 0.3 is 0 Å². The molecular weight excluding hydrogens is 268 g/mol. The van der Waals surface area contributed by atoms with Crippen LogP contribution in [0.5, 0.6) is 0 Å². The van der Waals surface area contributed by atoms with E-state index < -0.39 is 0 Å². The smallest absolute Gasteiger partial charge is 0.0453 e. The van der Waals surface area contributed by atoms with Gasteiger partial charge in [-0.1, -0.05) is 36.2 Å². The molecule has 1 aliphatic carbocycles. The van der Waals surface area contributed by atoms with Crippen LogP contribution in [0.15, 0.2) is 24.3 Å². The van der Waals surface area contributed by atoms with E-state index in [1.165, 1.54) is 44.2 Å². The van der Waals surface area contributed by atoms with Crippen molar-refractivity contribution in [1.29, 1.82) is 0 Å². The summed E-state index contributed by atoms with van der Waals surface area (Å²) in [5.74, 6) is 0. The highest BCUT2D eigenvalue weighted by molar-refractivity contribution is 6.31. The quantitative estimate of drug-likeness (QED) is 0.882. The maximum Gasteiger partial charge on any atom is 0.0453 e. The topological polar surface area (TPSA) is 15.3 Å². The van der Waals surface area contributed by atoms with Crippen LogP contribution in [0.25, 0.3) is 0 Å². The molecule has 1 aliphatic heterocycles. The molecule has 1 aromatic rings. The average molecular weight is 293 g/mol.